The fraction of sp³-hybridized carbons (Fsp3) is 0.250. The lowest BCUT2D eigenvalue weighted by molar-refractivity contribution is -0.288. The summed E-state index contributed by atoms with van der Waals surface area (Å²) >= 11 is 0. The number of rotatable bonds is 10. The molecule has 1 aliphatic heterocycles. The smallest absolute Gasteiger partial charge is 0.411 e. The molecule has 0 aliphatic carbocycles. The van der Waals surface area contributed by atoms with Crippen LogP contribution < -0.4 is 15.3 Å². The van der Waals surface area contributed by atoms with Crippen LogP contribution in [0, 0.1) is 27.7 Å². The normalized spacial score (nSPS) is 14.8. The lowest BCUT2D eigenvalue weighted by Gasteiger charge is -2.38. The van der Waals surface area contributed by atoms with Gasteiger partial charge >= 0.3 is 23.9 Å². The van der Waals surface area contributed by atoms with E-state index in [9.17, 15) is 9.59 Å². The van der Waals surface area contributed by atoms with Crippen molar-refractivity contribution in [2.24, 2.45) is 0 Å². The van der Waals surface area contributed by atoms with Crippen LogP contribution in [0.5, 0.6) is 5.75 Å². The molecule has 71 heavy (non-hydrogen) atoms. The van der Waals surface area contributed by atoms with E-state index in [-0.39, 0.29) is 57.5 Å². The Morgan fingerprint density at radius 2 is 1.32 bits per heavy atom. The van der Waals surface area contributed by atoms with Gasteiger partial charge in [0.25, 0.3) is 0 Å². The Kier molecular flexibility index (Phi) is 11.5. The third-order valence-corrected chi connectivity index (χ3v) is 13.6. The minimum absolute atomic E-state index is 0.0281. The largest absolute Gasteiger partial charge is 0.440 e. The van der Waals surface area contributed by atoms with Crippen molar-refractivity contribution in [3.63, 3.8) is 0 Å². The fourth-order valence-corrected chi connectivity index (χ4v) is 10.2. The second kappa shape index (κ2) is 17.3. The maximum atomic E-state index is 15.5. The topological polar surface area (TPSA) is 112 Å². The number of carbonyl (C=O) groups is 1. The number of hydrogen-bond acceptors (Lipinski definition) is 9. The Labute approximate surface area is 402 Å². The van der Waals surface area contributed by atoms with Crippen LogP contribution in [0.1, 0.15) is 88.1 Å². The zero-order valence-electron chi connectivity index (χ0n) is 39.3. The molecule has 15 heteroatoms. The van der Waals surface area contributed by atoms with Crippen molar-refractivity contribution in [2.45, 2.75) is 84.0 Å². The second-order valence-corrected chi connectivity index (χ2v) is 18.3. The van der Waals surface area contributed by atoms with Gasteiger partial charge in [0.05, 0.1) is 0 Å². The Balaban J connectivity index is 0.969. The van der Waals surface area contributed by atoms with Crippen LogP contribution in [0.3, 0.4) is 0 Å². The molecular formula is C56H45F6N3O6. The van der Waals surface area contributed by atoms with Crippen molar-refractivity contribution in [3.8, 4) is 17.2 Å². The SMILES string of the molecule is CCC(c1ccc2c(c1)OC(=O)C(c1nc3cc(C(c4ccc5oc(-c6cc7ccc(N(CC)c8ccc(C)cc8C)cc7oc6=O)nc5c4)(C(F)(F)F)C(F)(F)F)ccc3o1)C2)c1ccc(C)cc1C. The van der Waals surface area contributed by atoms with Crippen LogP contribution in [-0.2, 0) is 16.6 Å². The van der Waals surface area contributed by atoms with Gasteiger partial charge in [-0.3, -0.25) is 4.79 Å². The summed E-state index contributed by atoms with van der Waals surface area (Å²) < 4.78 is 116. The molecule has 2 unspecified atom stereocenters. The van der Waals surface area contributed by atoms with Crippen LogP contribution in [0.15, 0.2) is 133 Å². The van der Waals surface area contributed by atoms with Gasteiger partial charge in [0, 0.05) is 35.3 Å². The molecule has 0 fully saturated rings. The molecule has 0 bridgehead atoms. The molecule has 1 aliphatic rings. The first kappa shape index (κ1) is 47.0. The van der Waals surface area contributed by atoms with Crippen molar-refractivity contribution in [1.82, 2.24) is 9.97 Å². The average Bonchev–Trinajstić information content (AvgIpc) is 3.94. The highest BCUT2D eigenvalue weighted by Gasteiger charge is 2.72. The maximum Gasteiger partial charge on any atom is 0.411 e. The molecule has 0 radical (unpaired) electrons. The van der Waals surface area contributed by atoms with Crippen molar-refractivity contribution in [3.05, 3.63) is 182 Å². The first-order valence-electron chi connectivity index (χ1n) is 23.1. The number of esters is 1. The number of hydrogen-bond donors (Lipinski definition) is 0. The highest BCUT2D eigenvalue weighted by molar-refractivity contribution is 5.87. The number of carbonyl (C=O) groups excluding carboxylic acids is 1. The number of halogens is 6. The third kappa shape index (κ3) is 8.00. The first-order valence-corrected chi connectivity index (χ1v) is 23.1. The molecule has 0 saturated carbocycles. The molecule has 6 aromatic carbocycles. The monoisotopic (exact) mass is 969 g/mol. The van der Waals surface area contributed by atoms with Crippen molar-refractivity contribution < 1.29 is 49.1 Å². The maximum absolute atomic E-state index is 15.5. The summed E-state index contributed by atoms with van der Waals surface area (Å²) in [5, 5.41) is 0.469. The summed E-state index contributed by atoms with van der Waals surface area (Å²) in [5.41, 5.74) is -0.00972. The molecule has 0 N–H and O–H groups in total. The number of anilines is 2. The Bertz CT molecular complexity index is 3630. The van der Waals surface area contributed by atoms with E-state index in [1.54, 1.807) is 12.1 Å². The van der Waals surface area contributed by atoms with Gasteiger partial charge in [0.2, 0.25) is 17.2 Å². The van der Waals surface area contributed by atoms with Gasteiger partial charge in [-0.15, -0.1) is 0 Å². The summed E-state index contributed by atoms with van der Waals surface area (Å²) in [6.07, 6.45) is -11.1. The second-order valence-electron chi connectivity index (χ2n) is 18.3. The van der Waals surface area contributed by atoms with Gasteiger partial charge in [0.15, 0.2) is 11.2 Å². The van der Waals surface area contributed by atoms with Gasteiger partial charge in [-0.25, -0.2) is 14.8 Å². The third-order valence-electron chi connectivity index (χ3n) is 13.6. The van der Waals surface area contributed by atoms with Crippen molar-refractivity contribution >= 4 is 50.5 Å². The van der Waals surface area contributed by atoms with E-state index in [2.05, 4.69) is 53.0 Å². The Hall–Kier alpha value is -7.68. The molecule has 3 aromatic heterocycles. The van der Waals surface area contributed by atoms with Crippen LogP contribution in [-0.4, -0.2) is 34.8 Å². The summed E-state index contributed by atoms with van der Waals surface area (Å²) in [5.74, 6) is -2.07. The van der Waals surface area contributed by atoms with E-state index in [1.165, 1.54) is 6.07 Å². The van der Waals surface area contributed by atoms with Crippen LogP contribution in [0.25, 0.3) is 44.6 Å². The number of aromatic nitrogens is 2. The molecule has 10 rings (SSSR count). The molecule has 2 atom stereocenters. The fourth-order valence-electron chi connectivity index (χ4n) is 10.2. The Morgan fingerprint density at radius 3 is 1.97 bits per heavy atom. The minimum atomic E-state index is -5.97. The van der Waals surface area contributed by atoms with Gasteiger partial charge in [-0.1, -0.05) is 72.6 Å². The van der Waals surface area contributed by atoms with Crippen LogP contribution in [0.2, 0.25) is 0 Å². The summed E-state index contributed by atoms with van der Waals surface area (Å²) in [6, 6.07) is 29.2. The average molecular weight is 970 g/mol. The molecule has 0 amide bonds. The number of fused-ring (bicyclic) bond motifs is 4. The number of aryl methyl sites for hydroxylation is 4. The molecule has 0 spiro atoms. The number of alkyl halides is 6. The molecular weight excluding hydrogens is 925 g/mol. The van der Waals surface area contributed by atoms with Crippen molar-refractivity contribution in [1.29, 1.82) is 0 Å². The van der Waals surface area contributed by atoms with E-state index in [4.69, 9.17) is 18.0 Å². The zero-order chi connectivity index (χ0) is 50.3. The number of ether oxygens (including phenoxy) is 1. The highest BCUT2D eigenvalue weighted by atomic mass is 19.4. The van der Waals surface area contributed by atoms with E-state index in [1.807, 2.05) is 64.1 Å². The molecule has 9 nitrogen and oxygen atoms in total. The summed E-state index contributed by atoms with van der Waals surface area (Å²) in [6.45, 7) is 12.7. The molecule has 4 heterocycles. The van der Waals surface area contributed by atoms with Gasteiger partial charge < -0.3 is 22.9 Å². The van der Waals surface area contributed by atoms with E-state index in [0.29, 0.717) is 47.5 Å². The van der Waals surface area contributed by atoms with E-state index in [0.717, 1.165) is 63.3 Å². The van der Waals surface area contributed by atoms with Crippen LogP contribution >= 0.6 is 0 Å². The number of oxazole rings is 2. The standard InChI is InChI=1S/C56H45F6N3O6/c1-7-39(40-17-9-29(3)21-31(40)5)33-11-12-34-23-41(52(66)70-48(34)25-33)50-63-43-26-36(14-19-46(43)68-50)54(55(57,58)59,56(60,61)62)37-15-20-47-44(27-37)64-51(69-47)42-24-35-13-16-38(28-49(35)71-53(42)67)65(8-2)45-18-10-30(4)22-32(45)6/h9-22,24-28,39,41H,7-8,23H2,1-6H3. The zero-order valence-corrected chi connectivity index (χ0v) is 39.3. The predicted octanol–water partition coefficient (Wildman–Crippen LogP) is 14.3. The minimum Gasteiger partial charge on any atom is -0.440 e. The number of benzene rings is 6. The molecule has 9 aromatic rings. The van der Waals surface area contributed by atoms with Crippen LogP contribution in [0.4, 0.5) is 37.7 Å². The highest BCUT2D eigenvalue weighted by Crippen LogP contribution is 2.57. The quantitative estimate of drug-likeness (QED) is 0.0572. The lowest BCUT2D eigenvalue weighted by atomic mass is 9.72. The van der Waals surface area contributed by atoms with Gasteiger partial charge in [-0.05, 0) is 141 Å². The summed E-state index contributed by atoms with van der Waals surface area (Å²) in [4.78, 5) is 37.6. The first-order chi connectivity index (χ1) is 33.8. The molecule has 0 saturated heterocycles. The lowest BCUT2D eigenvalue weighted by Crippen LogP contribution is -2.54. The van der Waals surface area contributed by atoms with E-state index >= 15 is 26.3 Å². The van der Waals surface area contributed by atoms with Gasteiger partial charge in [0.1, 0.15) is 33.8 Å². The Morgan fingerprint density at radius 1 is 0.662 bits per heavy atom. The molecule has 362 valence electrons. The summed E-state index contributed by atoms with van der Waals surface area (Å²) in [7, 11) is 0. The van der Waals surface area contributed by atoms with E-state index < -0.39 is 46.4 Å². The number of nitrogens with zero attached hydrogens (tertiary/aromatic N) is 3. The van der Waals surface area contributed by atoms with Crippen molar-refractivity contribution in [2.75, 3.05) is 11.4 Å². The van der Waals surface area contributed by atoms with Gasteiger partial charge in [-0.2, -0.15) is 26.3 Å². The predicted molar refractivity (Wildman–Crippen MR) is 258 cm³/mol.